The summed E-state index contributed by atoms with van der Waals surface area (Å²) in [6.45, 7) is 1.17. The highest BCUT2D eigenvalue weighted by atomic mass is 32.2. The first kappa shape index (κ1) is 21.2. The van der Waals surface area contributed by atoms with E-state index in [-0.39, 0.29) is 16.7 Å². The van der Waals surface area contributed by atoms with E-state index in [1.165, 1.54) is 12.1 Å². The number of rotatable bonds is 5. The summed E-state index contributed by atoms with van der Waals surface area (Å²) in [6.07, 6.45) is 1.53. The van der Waals surface area contributed by atoms with Gasteiger partial charge in [-0.05, 0) is 55.3 Å². The fourth-order valence-corrected chi connectivity index (χ4v) is 5.18. The van der Waals surface area contributed by atoms with E-state index in [2.05, 4.69) is 9.71 Å². The molecule has 0 spiro atoms. The number of nitrogens with one attached hydrogen (secondary N) is 1. The van der Waals surface area contributed by atoms with Gasteiger partial charge in [-0.3, -0.25) is 9.52 Å². The molecule has 0 radical (unpaired) electrons. The van der Waals surface area contributed by atoms with Crippen LogP contribution in [-0.4, -0.2) is 37.3 Å². The molecular weight excluding hydrogens is 438 g/mol. The standard InChI is InChI=1S/C25H23N3O4S/c29-25(19-7-6-8-20(17-19)27-33(30,31)21-9-2-1-3-10-21)28-15-13-18(14-16-28)24-26-22-11-4-5-12-23(22)32-24/h1-12,17-18,27H,13-16H2. The molecule has 1 amide bonds. The van der Waals surface area contributed by atoms with E-state index in [0.717, 1.165) is 29.8 Å². The number of likely N-dealkylation sites (tertiary alicyclic amines) is 1. The van der Waals surface area contributed by atoms with Crippen LogP contribution in [0.3, 0.4) is 0 Å². The minimum atomic E-state index is -3.72. The lowest BCUT2D eigenvalue weighted by molar-refractivity contribution is 0.0707. The highest BCUT2D eigenvalue weighted by molar-refractivity contribution is 7.92. The van der Waals surface area contributed by atoms with Crippen molar-refractivity contribution in [2.24, 2.45) is 0 Å². The van der Waals surface area contributed by atoms with Crippen LogP contribution in [0.1, 0.15) is 35.0 Å². The summed E-state index contributed by atoms with van der Waals surface area (Å²) in [6, 6.07) is 22.4. The number of nitrogens with zero attached hydrogens (tertiary/aromatic N) is 2. The third-order valence-corrected chi connectivity index (χ3v) is 7.25. The first-order chi connectivity index (χ1) is 16.0. The molecule has 0 saturated carbocycles. The summed E-state index contributed by atoms with van der Waals surface area (Å²) in [7, 11) is -3.72. The number of fused-ring (bicyclic) bond motifs is 1. The highest BCUT2D eigenvalue weighted by Gasteiger charge is 2.28. The molecule has 1 aliphatic rings. The summed E-state index contributed by atoms with van der Waals surface area (Å²) < 4.78 is 33.7. The molecule has 5 rings (SSSR count). The van der Waals surface area contributed by atoms with Crippen molar-refractivity contribution in [2.75, 3.05) is 17.8 Å². The summed E-state index contributed by atoms with van der Waals surface area (Å²) in [5.74, 6) is 0.776. The Bertz CT molecular complexity index is 1360. The number of oxazole rings is 1. The third kappa shape index (κ3) is 4.47. The van der Waals surface area contributed by atoms with Crippen LogP contribution >= 0.6 is 0 Å². The third-order valence-electron chi connectivity index (χ3n) is 5.86. The maximum atomic E-state index is 13.1. The Balaban J connectivity index is 1.26. The van der Waals surface area contributed by atoms with E-state index in [1.54, 1.807) is 47.4 Å². The van der Waals surface area contributed by atoms with Gasteiger partial charge in [-0.25, -0.2) is 13.4 Å². The number of hydrogen-bond acceptors (Lipinski definition) is 5. The lowest BCUT2D eigenvalue weighted by Crippen LogP contribution is -2.38. The second-order valence-electron chi connectivity index (χ2n) is 8.09. The smallest absolute Gasteiger partial charge is 0.261 e. The maximum absolute atomic E-state index is 13.1. The second-order valence-corrected chi connectivity index (χ2v) is 9.77. The summed E-state index contributed by atoms with van der Waals surface area (Å²) in [4.78, 5) is 19.6. The van der Waals surface area contributed by atoms with Crippen molar-refractivity contribution in [3.8, 4) is 0 Å². The monoisotopic (exact) mass is 461 g/mol. The summed E-state index contributed by atoms with van der Waals surface area (Å²) in [5, 5.41) is 0. The number of carbonyl (C=O) groups is 1. The molecule has 1 aromatic heterocycles. The molecule has 7 nitrogen and oxygen atoms in total. The van der Waals surface area contributed by atoms with Gasteiger partial charge in [0.05, 0.1) is 4.90 Å². The molecule has 1 N–H and O–H groups in total. The molecule has 0 aliphatic carbocycles. The van der Waals surface area contributed by atoms with Crippen molar-refractivity contribution in [1.82, 2.24) is 9.88 Å². The predicted molar refractivity (Wildman–Crippen MR) is 126 cm³/mol. The summed E-state index contributed by atoms with van der Waals surface area (Å²) >= 11 is 0. The van der Waals surface area contributed by atoms with E-state index in [4.69, 9.17) is 4.42 Å². The molecule has 8 heteroatoms. The minimum Gasteiger partial charge on any atom is -0.440 e. The van der Waals surface area contributed by atoms with Gasteiger partial charge >= 0.3 is 0 Å². The number of piperidine rings is 1. The number of para-hydroxylation sites is 2. The van der Waals surface area contributed by atoms with Crippen molar-refractivity contribution >= 4 is 32.7 Å². The lowest BCUT2D eigenvalue weighted by atomic mass is 9.96. The average molecular weight is 462 g/mol. The number of benzene rings is 3. The minimum absolute atomic E-state index is 0.119. The zero-order chi connectivity index (χ0) is 22.8. The number of amides is 1. The van der Waals surface area contributed by atoms with Gasteiger partial charge in [0, 0.05) is 30.3 Å². The molecule has 4 aromatic rings. The van der Waals surface area contributed by atoms with Gasteiger partial charge in [0.25, 0.3) is 15.9 Å². The molecule has 1 fully saturated rings. The predicted octanol–water partition coefficient (Wildman–Crippen LogP) is 4.65. The van der Waals surface area contributed by atoms with Crippen LogP contribution in [0.5, 0.6) is 0 Å². The van der Waals surface area contributed by atoms with Crippen LogP contribution in [0.4, 0.5) is 5.69 Å². The number of hydrogen-bond donors (Lipinski definition) is 1. The first-order valence-corrected chi connectivity index (χ1v) is 12.3. The molecule has 33 heavy (non-hydrogen) atoms. The zero-order valence-corrected chi connectivity index (χ0v) is 18.7. The normalized spacial score (nSPS) is 15.0. The van der Waals surface area contributed by atoms with Gasteiger partial charge in [0.15, 0.2) is 11.5 Å². The van der Waals surface area contributed by atoms with E-state index in [1.807, 2.05) is 24.3 Å². The van der Waals surface area contributed by atoms with Crippen molar-refractivity contribution in [1.29, 1.82) is 0 Å². The molecule has 168 valence electrons. The first-order valence-electron chi connectivity index (χ1n) is 10.8. The van der Waals surface area contributed by atoms with Gasteiger partial charge in [-0.15, -0.1) is 0 Å². The lowest BCUT2D eigenvalue weighted by Gasteiger charge is -2.30. The molecule has 0 atom stereocenters. The molecule has 0 bridgehead atoms. The highest BCUT2D eigenvalue weighted by Crippen LogP contribution is 2.30. The second kappa shape index (κ2) is 8.71. The Morgan fingerprint density at radius 2 is 1.67 bits per heavy atom. The summed E-state index contributed by atoms with van der Waals surface area (Å²) in [5.41, 5.74) is 2.43. The van der Waals surface area contributed by atoms with Gasteiger partial charge in [-0.1, -0.05) is 36.4 Å². The largest absolute Gasteiger partial charge is 0.440 e. The van der Waals surface area contributed by atoms with E-state index in [9.17, 15) is 13.2 Å². The van der Waals surface area contributed by atoms with Crippen LogP contribution in [0.15, 0.2) is 88.2 Å². The molecular formula is C25H23N3O4S. The quantitative estimate of drug-likeness (QED) is 0.467. The Hall–Kier alpha value is -3.65. The Morgan fingerprint density at radius 1 is 0.939 bits per heavy atom. The van der Waals surface area contributed by atoms with E-state index in [0.29, 0.717) is 24.3 Å². The topological polar surface area (TPSA) is 92.5 Å². The zero-order valence-electron chi connectivity index (χ0n) is 17.8. The van der Waals surface area contributed by atoms with Crippen LogP contribution in [0.2, 0.25) is 0 Å². The number of anilines is 1. The number of sulfonamides is 1. The van der Waals surface area contributed by atoms with Gasteiger partial charge in [-0.2, -0.15) is 0 Å². The van der Waals surface area contributed by atoms with Crippen molar-refractivity contribution in [3.63, 3.8) is 0 Å². The van der Waals surface area contributed by atoms with Crippen molar-refractivity contribution in [2.45, 2.75) is 23.7 Å². The SMILES string of the molecule is O=C(c1cccc(NS(=O)(=O)c2ccccc2)c1)N1CCC(c2nc3ccccc3o2)CC1. The van der Waals surface area contributed by atoms with Crippen LogP contribution < -0.4 is 4.72 Å². The van der Waals surface area contributed by atoms with Crippen LogP contribution in [-0.2, 0) is 10.0 Å². The van der Waals surface area contributed by atoms with E-state index < -0.39 is 10.0 Å². The van der Waals surface area contributed by atoms with Gasteiger partial charge in [0.1, 0.15) is 5.52 Å². The van der Waals surface area contributed by atoms with Gasteiger partial charge in [0.2, 0.25) is 0 Å². The van der Waals surface area contributed by atoms with Gasteiger partial charge < -0.3 is 9.32 Å². The van der Waals surface area contributed by atoms with Crippen LogP contribution in [0.25, 0.3) is 11.1 Å². The molecule has 1 saturated heterocycles. The van der Waals surface area contributed by atoms with Crippen LogP contribution in [0, 0.1) is 0 Å². The molecule has 3 aromatic carbocycles. The fraction of sp³-hybridized carbons (Fsp3) is 0.200. The average Bonchev–Trinajstić information content (AvgIpc) is 3.29. The molecule has 2 heterocycles. The Labute approximate surface area is 192 Å². The van der Waals surface area contributed by atoms with Crippen molar-refractivity contribution < 1.29 is 17.6 Å². The number of aromatic nitrogens is 1. The Morgan fingerprint density at radius 3 is 2.42 bits per heavy atom. The fourth-order valence-electron chi connectivity index (χ4n) is 4.11. The molecule has 1 aliphatic heterocycles. The Kier molecular flexibility index (Phi) is 5.60. The molecule has 0 unspecified atom stereocenters. The van der Waals surface area contributed by atoms with Crippen molar-refractivity contribution in [3.05, 3.63) is 90.3 Å². The maximum Gasteiger partial charge on any atom is 0.261 e. The number of carbonyl (C=O) groups excluding carboxylic acids is 1. The van der Waals surface area contributed by atoms with E-state index >= 15 is 0 Å².